The molecule has 1 unspecified atom stereocenters. The number of aromatic nitrogens is 2. The summed E-state index contributed by atoms with van der Waals surface area (Å²) in [7, 11) is 7.08. The van der Waals surface area contributed by atoms with Crippen LogP contribution < -0.4 is 30.1 Å². The molecule has 0 aliphatic carbocycles. The Labute approximate surface area is 264 Å². The Morgan fingerprint density at radius 2 is 1.67 bits per heavy atom. The van der Waals surface area contributed by atoms with Crippen molar-refractivity contribution in [3.05, 3.63) is 75.8 Å². The molecule has 5 heterocycles. The topological polar surface area (TPSA) is 137 Å². The number of amides is 3. The molecule has 3 amide bonds. The van der Waals surface area contributed by atoms with Gasteiger partial charge in [-0.05, 0) is 47.9 Å². The van der Waals surface area contributed by atoms with Crippen molar-refractivity contribution in [2.24, 2.45) is 0 Å². The zero-order chi connectivity index (χ0) is 32.3. The lowest BCUT2D eigenvalue weighted by molar-refractivity contribution is -0.136. The highest BCUT2D eigenvalue weighted by Gasteiger charge is 2.40. The Balaban J connectivity index is 1.14. The maximum atomic E-state index is 13.3. The Hall–Kier alpha value is -5.39. The molecular weight excluding hydrogens is 588 g/mol. The summed E-state index contributed by atoms with van der Waals surface area (Å²) in [5, 5.41) is 3.62. The summed E-state index contributed by atoms with van der Waals surface area (Å²) >= 11 is 0. The predicted molar refractivity (Wildman–Crippen MR) is 173 cm³/mol. The molecule has 236 valence electrons. The number of anilines is 2. The molecule has 2 aromatic heterocycles. The van der Waals surface area contributed by atoms with Gasteiger partial charge in [-0.25, -0.2) is 4.98 Å². The molecule has 1 atom stereocenters. The van der Waals surface area contributed by atoms with E-state index >= 15 is 0 Å². The molecule has 2 aromatic carbocycles. The number of aromatic amines is 1. The van der Waals surface area contributed by atoms with Crippen LogP contribution in [0.25, 0.3) is 21.9 Å². The quantitative estimate of drug-likeness (QED) is 0.298. The minimum absolute atomic E-state index is 0.111. The fourth-order valence-corrected chi connectivity index (χ4v) is 6.73. The van der Waals surface area contributed by atoms with Gasteiger partial charge in [0.2, 0.25) is 11.8 Å². The van der Waals surface area contributed by atoms with Crippen LogP contribution in [0.1, 0.15) is 40.2 Å². The minimum atomic E-state index is -0.641. The summed E-state index contributed by atoms with van der Waals surface area (Å²) in [6, 6.07) is 11.1. The van der Waals surface area contributed by atoms with Gasteiger partial charge in [0, 0.05) is 86.2 Å². The van der Waals surface area contributed by atoms with Crippen LogP contribution in [0.15, 0.2) is 53.6 Å². The number of benzene rings is 2. The predicted octanol–water partition coefficient (Wildman–Crippen LogP) is 3.04. The van der Waals surface area contributed by atoms with Crippen LogP contribution in [0, 0.1) is 0 Å². The van der Waals surface area contributed by atoms with Crippen LogP contribution in [0.5, 0.6) is 11.5 Å². The van der Waals surface area contributed by atoms with Crippen molar-refractivity contribution < 1.29 is 23.9 Å². The van der Waals surface area contributed by atoms with Gasteiger partial charge in [-0.1, -0.05) is 6.07 Å². The Kier molecular flexibility index (Phi) is 7.14. The van der Waals surface area contributed by atoms with E-state index in [0.717, 1.165) is 39.1 Å². The number of imide groups is 1. The molecule has 2 N–H and O–H groups in total. The molecular formula is C34H34N6O6. The maximum absolute atomic E-state index is 13.3. The van der Waals surface area contributed by atoms with Gasteiger partial charge in [0.15, 0.2) is 0 Å². The molecule has 3 aliphatic heterocycles. The fraction of sp³-hybridized carbons (Fsp3) is 0.324. The summed E-state index contributed by atoms with van der Waals surface area (Å²) in [6.45, 7) is 1.73. The number of methoxy groups -OCH3 is 2. The van der Waals surface area contributed by atoms with E-state index in [0.29, 0.717) is 48.5 Å². The average molecular weight is 623 g/mol. The van der Waals surface area contributed by atoms with Gasteiger partial charge >= 0.3 is 0 Å². The molecule has 46 heavy (non-hydrogen) atoms. The van der Waals surface area contributed by atoms with E-state index in [4.69, 9.17) is 9.47 Å². The van der Waals surface area contributed by atoms with Gasteiger partial charge in [-0.15, -0.1) is 0 Å². The van der Waals surface area contributed by atoms with Gasteiger partial charge in [0.25, 0.3) is 11.5 Å². The zero-order valence-corrected chi connectivity index (χ0v) is 26.0. The van der Waals surface area contributed by atoms with Gasteiger partial charge in [-0.2, -0.15) is 0 Å². The smallest absolute Gasteiger partial charge is 0.257 e. The van der Waals surface area contributed by atoms with Crippen LogP contribution in [0.2, 0.25) is 0 Å². The second-order valence-corrected chi connectivity index (χ2v) is 12.2. The first-order valence-corrected chi connectivity index (χ1v) is 15.1. The van der Waals surface area contributed by atoms with Crippen molar-refractivity contribution in [2.75, 3.05) is 51.2 Å². The highest BCUT2D eigenvalue weighted by Crippen LogP contribution is 2.45. The third-order valence-corrected chi connectivity index (χ3v) is 9.25. The van der Waals surface area contributed by atoms with E-state index in [9.17, 15) is 19.2 Å². The van der Waals surface area contributed by atoms with Gasteiger partial charge < -0.3 is 29.2 Å². The molecule has 0 bridgehead atoms. The maximum Gasteiger partial charge on any atom is 0.257 e. The average Bonchev–Trinajstić information content (AvgIpc) is 3.35. The molecule has 12 heteroatoms. The second-order valence-electron chi connectivity index (χ2n) is 12.2. The number of nitrogens with zero attached hydrogens (tertiary/aromatic N) is 4. The lowest BCUT2D eigenvalue weighted by atomic mass is 9.87. The first-order valence-electron chi connectivity index (χ1n) is 15.1. The Bertz CT molecular complexity index is 1960. The first kappa shape index (κ1) is 29.3. The largest absolute Gasteiger partial charge is 0.496 e. The number of H-pyrrole nitrogens is 1. The fourth-order valence-electron chi connectivity index (χ4n) is 6.73. The van der Waals surface area contributed by atoms with Crippen LogP contribution in [-0.2, 0) is 16.1 Å². The number of piperidine rings is 1. The third kappa shape index (κ3) is 4.81. The molecule has 0 radical (unpaired) electrons. The minimum Gasteiger partial charge on any atom is -0.496 e. The van der Waals surface area contributed by atoms with E-state index in [-0.39, 0.29) is 29.7 Å². The number of nitrogens with one attached hydrogen (secondary N) is 2. The lowest BCUT2D eigenvalue weighted by Gasteiger charge is -2.42. The molecule has 0 spiro atoms. The number of hydrogen-bond acceptors (Lipinski definition) is 9. The van der Waals surface area contributed by atoms with Crippen molar-refractivity contribution in [2.45, 2.75) is 31.3 Å². The molecule has 2 fully saturated rings. The number of hydrogen-bond donors (Lipinski definition) is 2. The van der Waals surface area contributed by atoms with E-state index in [2.05, 4.69) is 20.2 Å². The summed E-state index contributed by atoms with van der Waals surface area (Å²) in [4.78, 5) is 62.9. The Morgan fingerprint density at radius 3 is 2.35 bits per heavy atom. The summed E-state index contributed by atoms with van der Waals surface area (Å²) < 4.78 is 11.8. The number of carbonyl (C=O) groups is 3. The van der Waals surface area contributed by atoms with E-state index in [1.54, 1.807) is 31.5 Å². The number of rotatable bonds is 7. The third-order valence-electron chi connectivity index (χ3n) is 9.25. The highest BCUT2D eigenvalue weighted by atomic mass is 16.5. The number of pyridine rings is 2. The standard InChI is InChI=1S/C34H34N6O6/c1-38(2)29-12-23-24(13-36-32(42)25(23)14-35-29)19-9-27(45-3)31(28(10-19)46-4)20-15-39(16-20)21-6-5-18-17-40(34(44)22(18)11-21)26-7-8-30(41)37-33(26)43/h5-6,9-14,20,26H,7-8,15-17H2,1-4H3,(H,36,42)(H,37,41,43). The van der Waals surface area contributed by atoms with Crippen LogP contribution in [-0.4, -0.2) is 80.0 Å². The van der Waals surface area contributed by atoms with Crippen molar-refractivity contribution in [1.29, 1.82) is 0 Å². The summed E-state index contributed by atoms with van der Waals surface area (Å²) in [5.74, 6) is 1.31. The summed E-state index contributed by atoms with van der Waals surface area (Å²) in [6.07, 6.45) is 3.86. The zero-order valence-electron chi connectivity index (χ0n) is 26.0. The SMILES string of the molecule is COc1cc(-c2c[nH]c(=O)c3cnc(N(C)C)cc23)cc(OC)c1C1CN(c2ccc3c(c2)C(=O)N(C2CCC(=O)NC2=O)C3)C1. The van der Waals surface area contributed by atoms with E-state index in [1.807, 2.05) is 55.4 Å². The molecule has 2 saturated heterocycles. The molecule has 3 aliphatic rings. The molecule has 12 nitrogen and oxygen atoms in total. The molecule has 4 aromatic rings. The van der Waals surface area contributed by atoms with Crippen LogP contribution >= 0.6 is 0 Å². The molecule has 0 saturated carbocycles. The second kappa shape index (κ2) is 11.2. The lowest BCUT2D eigenvalue weighted by Crippen LogP contribution is -2.52. The Morgan fingerprint density at radius 1 is 0.935 bits per heavy atom. The van der Waals surface area contributed by atoms with Crippen molar-refractivity contribution in [3.63, 3.8) is 0 Å². The van der Waals surface area contributed by atoms with Crippen molar-refractivity contribution >= 4 is 40.0 Å². The van der Waals surface area contributed by atoms with Gasteiger partial charge in [0.1, 0.15) is 23.4 Å². The first-order chi connectivity index (χ1) is 22.2. The van der Waals surface area contributed by atoms with E-state index in [1.165, 1.54) is 0 Å². The number of fused-ring (bicyclic) bond motifs is 2. The normalized spacial score (nSPS) is 18.0. The van der Waals surface area contributed by atoms with E-state index < -0.39 is 11.9 Å². The van der Waals surface area contributed by atoms with Gasteiger partial charge in [0.05, 0.1) is 19.6 Å². The van der Waals surface area contributed by atoms with Gasteiger partial charge in [-0.3, -0.25) is 24.5 Å². The van der Waals surface area contributed by atoms with Crippen LogP contribution in [0.3, 0.4) is 0 Å². The number of ether oxygens (including phenoxy) is 2. The number of carbonyl (C=O) groups excluding carboxylic acids is 3. The summed E-state index contributed by atoms with van der Waals surface area (Å²) in [5.41, 5.74) is 4.79. The molecule has 7 rings (SSSR count). The highest BCUT2D eigenvalue weighted by molar-refractivity contribution is 6.05. The van der Waals surface area contributed by atoms with Crippen molar-refractivity contribution in [3.8, 4) is 22.6 Å². The van der Waals surface area contributed by atoms with Crippen molar-refractivity contribution in [1.82, 2.24) is 20.2 Å². The monoisotopic (exact) mass is 622 g/mol. The van der Waals surface area contributed by atoms with Crippen LogP contribution in [0.4, 0.5) is 11.5 Å².